The van der Waals surface area contributed by atoms with Crippen molar-refractivity contribution in [2.24, 2.45) is 0 Å². The highest BCUT2D eigenvalue weighted by atomic mass is 16.7. The van der Waals surface area contributed by atoms with Crippen LogP contribution in [-0.2, 0) is 42.9 Å². The number of ether oxygens (including phenoxy) is 5. The van der Waals surface area contributed by atoms with Gasteiger partial charge in [-0.3, -0.25) is 14.4 Å². The average molecular weight is 1070 g/mol. The van der Waals surface area contributed by atoms with Gasteiger partial charge in [0.15, 0.2) is 24.6 Å². The predicted molar refractivity (Wildman–Crippen MR) is 312 cm³/mol. The van der Waals surface area contributed by atoms with Gasteiger partial charge in [-0.2, -0.15) is 0 Å². The number of rotatable bonds is 45. The molecule has 6 atom stereocenters. The fraction of sp³-hybridized carbons (Fsp3) is 0.538. The van der Waals surface area contributed by atoms with Gasteiger partial charge in [-0.05, 0) is 128 Å². The smallest absolute Gasteiger partial charge is 0.335 e. The third kappa shape index (κ3) is 41.2. The minimum Gasteiger partial charge on any atom is -0.479 e. The lowest BCUT2D eigenvalue weighted by Gasteiger charge is -2.40. The number of hydrogen-bond donors (Lipinski definition) is 3. The molecule has 1 aliphatic rings. The molecule has 0 aromatic rings. The van der Waals surface area contributed by atoms with E-state index in [4.69, 9.17) is 23.7 Å². The van der Waals surface area contributed by atoms with E-state index >= 15 is 0 Å². The lowest BCUT2D eigenvalue weighted by molar-refractivity contribution is -0.301. The molecule has 0 saturated carbocycles. The van der Waals surface area contributed by atoms with Crippen molar-refractivity contribution < 1.29 is 58.2 Å². The molecule has 428 valence electrons. The molecule has 1 aliphatic heterocycles. The first-order chi connectivity index (χ1) is 37.6. The van der Waals surface area contributed by atoms with Crippen molar-refractivity contribution in [3.63, 3.8) is 0 Å². The van der Waals surface area contributed by atoms with Gasteiger partial charge >= 0.3 is 23.9 Å². The Morgan fingerprint density at radius 3 is 1.23 bits per heavy atom. The van der Waals surface area contributed by atoms with E-state index in [-0.39, 0.29) is 25.9 Å². The maximum Gasteiger partial charge on any atom is 0.335 e. The molecule has 1 fully saturated rings. The number of unbranched alkanes of at least 4 members (excludes halogenated alkanes) is 5. The van der Waals surface area contributed by atoms with E-state index < -0.39 is 67.3 Å². The van der Waals surface area contributed by atoms with Crippen LogP contribution in [0.4, 0.5) is 0 Å². The standard InChI is InChI=1S/C65H96O12/c1-4-7-10-13-16-19-22-25-27-28-29-30-32-34-36-39-42-45-48-51-57(66)73-54-56(75-58(67)52-49-46-43-40-37-33-24-21-18-15-12-9-6-3)55-74-65-63(61(70)60(69)62(77-65)64(71)72)76-59(68)53-50-47-44-41-38-35-31-26-23-20-17-14-11-8-5-2/h7-12,16-21,25-27,29-31,33-34,36-38,41-42,45,56,60-63,65,69-70H,4-6,13-15,22-24,28,32,35,39-40,43-44,46-55H2,1-3H3,(H,71,72)/b10-7-,11-8-,12-9-,19-16-,20-17-,21-18-,27-25-,30-29-,31-26-,36-34-,37-33-,41-38-,45-42-. The van der Waals surface area contributed by atoms with E-state index in [9.17, 15) is 34.5 Å². The highest BCUT2D eigenvalue weighted by Gasteiger charge is 2.50. The zero-order chi connectivity index (χ0) is 56.1. The first-order valence-electron chi connectivity index (χ1n) is 28.5. The number of aliphatic hydroxyl groups excluding tert-OH is 2. The normalized spacial score (nSPS) is 19.2. The summed E-state index contributed by atoms with van der Waals surface area (Å²) in [6.07, 6.45) is 62.4. The summed E-state index contributed by atoms with van der Waals surface area (Å²) in [7, 11) is 0. The first kappa shape index (κ1) is 69.4. The van der Waals surface area contributed by atoms with Gasteiger partial charge in [-0.25, -0.2) is 4.79 Å². The topological polar surface area (TPSA) is 175 Å². The number of hydrogen-bond acceptors (Lipinski definition) is 11. The van der Waals surface area contributed by atoms with Crippen LogP contribution in [-0.4, -0.2) is 89.2 Å². The maximum absolute atomic E-state index is 13.1. The number of aliphatic carboxylic acids is 1. The van der Waals surface area contributed by atoms with Crippen molar-refractivity contribution >= 4 is 23.9 Å². The molecule has 0 bridgehead atoms. The van der Waals surface area contributed by atoms with Crippen LogP contribution in [0, 0.1) is 0 Å². The molecule has 3 N–H and O–H groups in total. The second-order valence-corrected chi connectivity index (χ2v) is 18.4. The van der Waals surface area contributed by atoms with Crippen LogP contribution in [0.2, 0.25) is 0 Å². The summed E-state index contributed by atoms with van der Waals surface area (Å²) in [4.78, 5) is 51.0. The van der Waals surface area contributed by atoms with E-state index in [2.05, 4.69) is 161 Å². The summed E-state index contributed by atoms with van der Waals surface area (Å²) in [5.74, 6) is -3.36. The summed E-state index contributed by atoms with van der Waals surface area (Å²) in [5, 5.41) is 31.4. The largest absolute Gasteiger partial charge is 0.479 e. The Bertz CT molecular complexity index is 1940. The zero-order valence-electron chi connectivity index (χ0n) is 46.9. The molecule has 1 saturated heterocycles. The van der Waals surface area contributed by atoms with Crippen LogP contribution in [0.1, 0.15) is 175 Å². The van der Waals surface area contributed by atoms with Gasteiger partial charge < -0.3 is 39.0 Å². The number of carbonyl (C=O) groups is 4. The Hall–Kier alpha value is -5.66. The number of carbonyl (C=O) groups excluding carboxylic acids is 3. The lowest BCUT2D eigenvalue weighted by Crippen LogP contribution is -2.61. The summed E-state index contributed by atoms with van der Waals surface area (Å²) in [6, 6.07) is 0. The number of esters is 3. The number of allylic oxidation sites excluding steroid dienone is 26. The summed E-state index contributed by atoms with van der Waals surface area (Å²) in [5.41, 5.74) is 0. The maximum atomic E-state index is 13.1. The van der Waals surface area contributed by atoms with Crippen LogP contribution in [0.3, 0.4) is 0 Å². The average Bonchev–Trinajstić information content (AvgIpc) is 3.42. The molecule has 0 aromatic heterocycles. The van der Waals surface area contributed by atoms with E-state index in [1.807, 2.05) is 18.2 Å². The number of carboxylic acids is 1. The Morgan fingerprint density at radius 1 is 0.429 bits per heavy atom. The van der Waals surface area contributed by atoms with Gasteiger partial charge in [0.2, 0.25) is 0 Å². The predicted octanol–water partition coefficient (Wildman–Crippen LogP) is 14.6. The summed E-state index contributed by atoms with van der Waals surface area (Å²) in [6.45, 7) is 5.50. The molecule has 1 rings (SSSR count). The van der Waals surface area contributed by atoms with Crippen LogP contribution < -0.4 is 0 Å². The third-order valence-electron chi connectivity index (χ3n) is 11.6. The van der Waals surface area contributed by atoms with Crippen molar-refractivity contribution in [1.29, 1.82) is 0 Å². The number of carboxylic acid groups (broad SMARTS) is 1. The second kappa shape index (κ2) is 51.1. The molecule has 0 amide bonds. The van der Waals surface area contributed by atoms with Gasteiger partial charge in [0, 0.05) is 19.3 Å². The van der Waals surface area contributed by atoms with Gasteiger partial charge in [-0.1, -0.05) is 185 Å². The highest BCUT2D eigenvalue weighted by molar-refractivity contribution is 5.74. The Labute approximate surface area is 463 Å². The third-order valence-corrected chi connectivity index (χ3v) is 11.6. The van der Waals surface area contributed by atoms with E-state index in [1.54, 1.807) is 0 Å². The fourth-order valence-corrected chi connectivity index (χ4v) is 7.34. The van der Waals surface area contributed by atoms with Gasteiger partial charge in [0.25, 0.3) is 0 Å². The molecule has 0 aromatic carbocycles. The van der Waals surface area contributed by atoms with Crippen LogP contribution >= 0.6 is 0 Å². The van der Waals surface area contributed by atoms with Gasteiger partial charge in [0.1, 0.15) is 18.8 Å². The molecule has 0 radical (unpaired) electrons. The summed E-state index contributed by atoms with van der Waals surface area (Å²) < 4.78 is 28.2. The molecule has 6 unspecified atom stereocenters. The highest BCUT2D eigenvalue weighted by Crippen LogP contribution is 2.26. The molecule has 0 spiro atoms. The van der Waals surface area contributed by atoms with Crippen LogP contribution in [0.25, 0.3) is 0 Å². The van der Waals surface area contributed by atoms with Crippen LogP contribution in [0.15, 0.2) is 158 Å². The lowest BCUT2D eigenvalue weighted by atomic mass is 9.98. The zero-order valence-corrected chi connectivity index (χ0v) is 46.9. The van der Waals surface area contributed by atoms with E-state index in [0.29, 0.717) is 32.1 Å². The molecule has 0 aliphatic carbocycles. The quantitative estimate of drug-likeness (QED) is 0.0228. The molecular weight excluding hydrogens is 973 g/mol. The summed E-state index contributed by atoms with van der Waals surface area (Å²) >= 11 is 0. The first-order valence-corrected chi connectivity index (χ1v) is 28.5. The van der Waals surface area contributed by atoms with Gasteiger partial charge in [-0.15, -0.1) is 0 Å². The Morgan fingerprint density at radius 2 is 0.805 bits per heavy atom. The van der Waals surface area contributed by atoms with E-state index in [1.165, 1.54) is 0 Å². The van der Waals surface area contributed by atoms with Crippen molar-refractivity contribution in [3.8, 4) is 0 Å². The minimum atomic E-state index is -1.94. The molecular formula is C65H96O12. The van der Waals surface area contributed by atoms with Crippen molar-refractivity contribution in [2.75, 3.05) is 13.2 Å². The fourth-order valence-electron chi connectivity index (χ4n) is 7.34. The minimum absolute atomic E-state index is 0.0124. The molecule has 12 nitrogen and oxygen atoms in total. The Kier molecular flexibility index (Phi) is 46.0. The second-order valence-electron chi connectivity index (χ2n) is 18.4. The van der Waals surface area contributed by atoms with E-state index in [0.717, 1.165) is 103 Å². The molecule has 1 heterocycles. The number of aliphatic hydroxyl groups is 2. The van der Waals surface area contributed by atoms with Gasteiger partial charge in [0.05, 0.1) is 6.61 Å². The molecule has 12 heteroatoms. The van der Waals surface area contributed by atoms with Crippen molar-refractivity contribution in [3.05, 3.63) is 158 Å². The van der Waals surface area contributed by atoms with Crippen molar-refractivity contribution in [2.45, 2.75) is 212 Å². The molecule has 77 heavy (non-hydrogen) atoms. The SMILES string of the molecule is CC/C=C\C/C=C\C/C=C\C/C=C\C/C=C\C/C=C\CCC(=O)OCC(COC1OC(C(=O)O)C(O)C(O)C1OC(=O)CCCC/C=C\C/C=C\C/C=C\C/C=C\CC)OC(=O)CCCCC/C=C\C/C=C\C/C=C\CC. The van der Waals surface area contributed by atoms with Crippen molar-refractivity contribution in [1.82, 2.24) is 0 Å². The van der Waals surface area contributed by atoms with Crippen LogP contribution in [0.5, 0.6) is 0 Å². The monoisotopic (exact) mass is 1070 g/mol. The Balaban J connectivity index is 2.80.